The third-order valence-corrected chi connectivity index (χ3v) is 3.82. The molecule has 0 spiro atoms. The Hall–Kier alpha value is -1.51. The largest absolute Gasteiger partial charge is 0.507 e. The monoisotopic (exact) mass is 278 g/mol. The molecule has 0 aromatic heterocycles. The fourth-order valence-corrected chi connectivity index (χ4v) is 2.52. The smallest absolute Gasteiger partial charge is 0.339 e. The van der Waals surface area contributed by atoms with Gasteiger partial charge in [-0.05, 0) is 24.0 Å². The molecule has 0 aliphatic heterocycles. The van der Waals surface area contributed by atoms with Crippen molar-refractivity contribution in [3.8, 4) is 5.75 Å². The maximum atomic E-state index is 11.0. The molecule has 0 aliphatic carbocycles. The van der Waals surface area contributed by atoms with Crippen LogP contribution < -0.4 is 0 Å². The van der Waals surface area contributed by atoms with Crippen LogP contribution in [0.5, 0.6) is 5.75 Å². The third-order valence-electron chi connectivity index (χ3n) is 3.82. The van der Waals surface area contributed by atoms with Crippen LogP contribution in [0.3, 0.4) is 0 Å². The molecule has 3 heteroatoms. The van der Waals surface area contributed by atoms with Crippen LogP contribution in [0, 0.1) is 0 Å². The van der Waals surface area contributed by atoms with Crippen molar-refractivity contribution in [3.05, 3.63) is 29.3 Å². The van der Waals surface area contributed by atoms with Gasteiger partial charge in [0.1, 0.15) is 11.3 Å². The van der Waals surface area contributed by atoms with Gasteiger partial charge in [0.05, 0.1) is 0 Å². The van der Waals surface area contributed by atoms with E-state index in [0.717, 1.165) is 18.4 Å². The molecule has 0 radical (unpaired) electrons. The van der Waals surface area contributed by atoms with Crippen molar-refractivity contribution in [2.24, 2.45) is 0 Å². The van der Waals surface area contributed by atoms with Gasteiger partial charge < -0.3 is 10.2 Å². The molecule has 1 aromatic carbocycles. The lowest BCUT2D eigenvalue weighted by atomic mass is 9.92. The van der Waals surface area contributed by atoms with E-state index < -0.39 is 5.97 Å². The van der Waals surface area contributed by atoms with Crippen LogP contribution in [0.1, 0.15) is 80.6 Å². The van der Waals surface area contributed by atoms with E-state index in [1.54, 1.807) is 6.07 Å². The van der Waals surface area contributed by atoms with Crippen molar-refractivity contribution in [1.82, 2.24) is 0 Å². The van der Waals surface area contributed by atoms with Crippen molar-refractivity contribution >= 4 is 5.97 Å². The van der Waals surface area contributed by atoms with Gasteiger partial charge in [0.2, 0.25) is 0 Å². The van der Waals surface area contributed by atoms with Gasteiger partial charge in [-0.25, -0.2) is 4.79 Å². The van der Waals surface area contributed by atoms with Gasteiger partial charge in [-0.15, -0.1) is 0 Å². The molecule has 0 saturated carbocycles. The zero-order chi connectivity index (χ0) is 15.0. The maximum Gasteiger partial charge on any atom is 0.339 e. The molecule has 0 bridgehead atoms. The molecule has 20 heavy (non-hydrogen) atoms. The number of phenols is 1. The highest BCUT2D eigenvalue weighted by atomic mass is 16.4. The number of carboxylic acids is 1. The molecule has 1 atom stereocenters. The van der Waals surface area contributed by atoms with Crippen molar-refractivity contribution in [2.45, 2.75) is 64.7 Å². The number of para-hydroxylation sites is 1. The number of hydrogen-bond acceptors (Lipinski definition) is 2. The fraction of sp³-hybridized carbons (Fsp3) is 0.588. The molecule has 0 heterocycles. The Kier molecular flexibility index (Phi) is 7.13. The van der Waals surface area contributed by atoms with Gasteiger partial charge in [-0.3, -0.25) is 0 Å². The first kappa shape index (κ1) is 16.5. The minimum Gasteiger partial charge on any atom is -0.507 e. The van der Waals surface area contributed by atoms with Gasteiger partial charge in [0, 0.05) is 0 Å². The molecule has 0 amide bonds. The lowest BCUT2D eigenvalue weighted by Crippen LogP contribution is -2.01. The van der Waals surface area contributed by atoms with E-state index >= 15 is 0 Å². The Morgan fingerprint density at radius 2 is 1.80 bits per heavy atom. The van der Waals surface area contributed by atoms with E-state index in [9.17, 15) is 9.90 Å². The summed E-state index contributed by atoms with van der Waals surface area (Å²) in [4.78, 5) is 11.0. The highest BCUT2D eigenvalue weighted by molar-refractivity contribution is 5.91. The highest BCUT2D eigenvalue weighted by Crippen LogP contribution is 2.32. The first-order valence-corrected chi connectivity index (χ1v) is 7.63. The molecule has 0 aliphatic rings. The van der Waals surface area contributed by atoms with Crippen LogP contribution in [0.2, 0.25) is 0 Å². The van der Waals surface area contributed by atoms with Crippen LogP contribution in [0.15, 0.2) is 18.2 Å². The molecule has 1 aromatic rings. The van der Waals surface area contributed by atoms with E-state index in [-0.39, 0.29) is 17.2 Å². The van der Waals surface area contributed by atoms with E-state index in [2.05, 4.69) is 6.92 Å². The van der Waals surface area contributed by atoms with E-state index in [0.29, 0.717) is 0 Å². The van der Waals surface area contributed by atoms with Crippen LogP contribution >= 0.6 is 0 Å². The first-order valence-electron chi connectivity index (χ1n) is 7.63. The second-order valence-electron chi connectivity index (χ2n) is 5.51. The van der Waals surface area contributed by atoms with Gasteiger partial charge in [0.15, 0.2) is 0 Å². The van der Waals surface area contributed by atoms with Crippen molar-refractivity contribution in [3.63, 3.8) is 0 Å². The Morgan fingerprint density at radius 1 is 1.15 bits per heavy atom. The fourth-order valence-electron chi connectivity index (χ4n) is 2.52. The van der Waals surface area contributed by atoms with E-state index in [4.69, 9.17) is 5.11 Å². The lowest BCUT2D eigenvalue weighted by molar-refractivity contribution is 0.0693. The summed E-state index contributed by atoms with van der Waals surface area (Å²) >= 11 is 0. The van der Waals surface area contributed by atoms with E-state index in [1.165, 1.54) is 38.2 Å². The molecule has 2 N–H and O–H groups in total. The molecule has 3 nitrogen and oxygen atoms in total. The molecule has 0 saturated heterocycles. The molecular formula is C17H26O3. The zero-order valence-electron chi connectivity index (χ0n) is 12.6. The number of unbranched alkanes of at least 4 members (excludes halogenated alkanes) is 5. The van der Waals surface area contributed by atoms with Crippen LogP contribution in [-0.4, -0.2) is 16.2 Å². The number of carbonyl (C=O) groups is 1. The Labute approximate surface area is 121 Å². The summed E-state index contributed by atoms with van der Waals surface area (Å²) in [6.07, 6.45) is 8.45. The lowest BCUT2D eigenvalue weighted by Gasteiger charge is -2.14. The number of aromatic hydroxyl groups is 1. The summed E-state index contributed by atoms with van der Waals surface area (Å²) in [6, 6.07) is 4.97. The van der Waals surface area contributed by atoms with Gasteiger partial charge in [-0.2, -0.15) is 0 Å². The summed E-state index contributed by atoms with van der Waals surface area (Å²) in [6.45, 7) is 4.26. The van der Waals surface area contributed by atoms with Gasteiger partial charge in [0.25, 0.3) is 0 Å². The van der Waals surface area contributed by atoms with Crippen molar-refractivity contribution < 1.29 is 15.0 Å². The molecule has 112 valence electrons. The summed E-state index contributed by atoms with van der Waals surface area (Å²) in [5.74, 6) is -0.949. The number of carboxylic acid groups (broad SMARTS) is 1. The van der Waals surface area contributed by atoms with Crippen LogP contribution in [0.4, 0.5) is 0 Å². The molecular weight excluding hydrogens is 252 g/mol. The SMILES string of the molecule is CCCCCCCCC(C)c1cccc(C(=O)O)c1O. The quantitative estimate of drug-likeness (QED) is 0.629. The summed E-state index contributed by atoms with van der Waals surface area (Å²) in [5.41, 5.74) is 0.746. The number of hydrogen-bond donors (Lipinski definition) is 2. The predicted molar refractivity (Wildman–Crippen MR) is 81.5 cm³/mol. The molecule has 1 rings (SSSR count). The minimum atomic E-state index is -1.07. The van der Waals surface area contributed by atoms with Crippen molar-refractivity contribution in [2.75, 3.05) is 0 Å². The predicted octanol–water partition coefficient (Wildman–Crippen LogP) is 4.94. The average Bonchev–Trinajstić information content (AvgIpc) is 2.42. The number of aromatic carboxylic acids is 1. The van der Waals surface area contributed by atoms with Gasteiger partial charge >= 0.3 is 5.97 Å². The summed E-state index contributed by atoms with van der Waals surface area (Å²) < 4.78 is 0. The third kappa shape index (κ3) is 4.87. The standard InChI is InChI=1S/C17H26O3/c1-3-4-5-6-7-8-10-13(2)14-11-9-12-15(16(14)18)17(19)20/h9,11-13,18H,3-8,10H2,1-2H3,(H,19,20). The number of benzene rings is 1. The second kappa shape index (κ2) is 8.62. The Bertz CT molecular complexity index is 426. The summed E-state index contributed by atoms with van der Waals surface area (Å²) in [7, 11) is 0. The topological polar surface area (TPSA) is 57.5 Å². The maximum absolute atomic E-state index is 11.0. The summed E-state index contributed by atoms with van der Waals surface area (Å²) in [5, 5.41) is 19.0. The zero-order valence-corrected chi connectivity index (χ0v) is 12.6. The first-order chi connectivity index (χ1) is 9.57. The molecule has 0 fully saturated rings. The normalized spacial score (nSPS) is 12.3. The minimum absolute atomic E-state index is 0.00250. The molecule has 1 unspecified atom stereocenters. The van der Waals surface area contributed by atoms with Crippen LogP contribution in [0.25, 0.3) is 0 Å². The van der Waals surface area contributed by atoms with Crippen LogP contribution in [-0.2, 0) is 0 Å². The van der Waals surface area contributed by atoms with Crippen molar-refractivity contribution in [1.29, 1.82) is 0 Å². The Morgan fingerprint density at radius 3 is 2.45 bits per heavy atom. The van der Waals surface area contributed by atoms with E-state index in [1.807, 2.05) is 13.0 Å². The van der Waals surface area contributed by atoms with Gasteiger partial charge in [-0.1, -0.05) is 64.5 Å². The average molecular weight is 278 g/mol. The highest BCUT2D eigenvalue weighted by Gasteiger charge is 2.16. The Balaban J connectivity index is 2.49. The number of rotatable bonds is 9. The second-order valence-corrected chi connectivity index (χ2v) is 5.51.